The Hall–Kier alpha value is -1.40. The van der Waals surface area contributed by atoms with Crippen LogP contribution in [0.25, 0.3) is 0 Å². The third-order valence-electron chi connectivity index (χ3n) is 4.07. The van der Waals surface area contributed by atoms with Gasteiger partial charge in [-0.2, -0.15) is 0 Å². The van der Waals surface area contributed by atoms with Gasteiger partial charge in [-0.15, -0.1) is 22.0 Å². The summed E-state index contributed by atoms with van der Waals surface area (Å²) >= 11 is 3.02. The number of nitrogens with zero attached hydrogens (tertiary/aromatic N) is 2. The molecule has 118 valence electrons. The number of anilines is 1. The first kappa shape index (κ1) is 17.0. The molecule has 0 radical (unpaired) electrons. The zero-order valence-corrected chi connectivity index (χ0v) is 15.0. The maximum absolute atomic E-state index is 12.4. The van der Waals surface area contributed by atoms with Crippen LogP contribution >= 0.6 is 23.1 Å². The molecule has 1 N–H and O–H groups in total. The molecule has 2 aromatic rings. The molecule has 0 bridgehead atoms. The van der Waals surface area contributed by atoms with Gasteiger partial charge in [0.15, 0.2) is 0 Å². The van der Waals surface area contributed by atoms with Crippen LogP contribution in [0.15, 0.2) is 29.2 Å². The van der Waals surface area contributed by atoms with Gasteiger partial charge in [-0.25, -0.2) is 0 Å². The van der Waals surface area contributed by atoms with Crippen LogP contribution in [0.4, 0.5) is 5.13 Å². The topological polar surface area (TPSA) is 54.9 Å². The average molecular weight is 335 g/mol. The van der Waals surface area contributed by atoms with Crippen molar-refractivity contribution in [1.29, 1.82) is 0 Å². The zero-order chi connectivity index (χ0) is 16.2. The number of amides is 1. The van der Waals surface area contributed by atoms with Crippen molar-refractivity contribution in [2.24, 2.45) is 0 Å². The molecule has 1 amide bonds. The predicted molar refractivity (Wildman–Crippen MR) is 94.0 cm³/mol. The van der Waals surface area contributed by atoms with Crippen LogP contribution in [0.3, 0.4) is 0 Å². The number of carbonyl (C=O) groups excluding carboxylic acids is 1. The second kappa shape index (κ2) is 7.24. The molecule has 0 atom stereocenters. The average Bonchev–Trinajstić information content (AvgIpc) is 3.03. The van der Waals surface area contributed by atoms with Crippen molar-refractivity contribution >= 4 is 34.1 Å². The summed E-state index contributed by atoms with van der Waals surface area (Å²) in [5.74, 6) is -0.137. The maximum atomic E-state index is 12.4. The van der Waals surface area contributed by atoms with Crippen molar-refractivity contribution in [2.45, 2.75) is 43.9 Å². The van der Waals surface area contributed by atoms with Crippen LogP contribution < -0.4 is 5.32 Å². The Balaban J connectivity index is 2.18. The van der Waals surface area contributed by atoms with E-state index in [0.717, 1.165) is 22.7 Å². The Morgan fingerprint density at radius 3 is 2.59 bits per heavy atom. The second-order valence-corrected chi connectivity index (χ2v) is 7.16. The third-order valence-corrected chi connectivity index (χ3v) is 6.01. The van der Waals surface area contributed by atoms with Gasteiger partial charge in [-0.1, -0.05) is 44.2 Å². The van der Waals surface area contributed by atoms with E-state index in [1.165, 1.54) is 11.3 Å². The van der Waals surface area contributed by atoms with E-state index >= 15 is 0 Å². The molecule has 2 rings (SSSR count). The predicted octanol–water partition coefficient (Wildman–Crippen LogP) is 4.59. The number of hydrogen-bond donors (Lipinski definition) is 1. The highest BCUT2D eigenvalue weighted by atomic mass is 32.2. The Morgan fingerprint density at radius 2 is 1.95 bits per heavy atom. The van der Waals surface area contributed by atoms with Crippen LogP contribution in [-0.4, -0.2) is 22.4 Å². The lowest BCUT2D eigenvalue weighted by Gasteiger charge is -2.22. The van der Waals surface area contributed by atoms with Crippen LogP contribution in [0.1, 0.15) is 49.0 Å². The molecule has 1 heterocycles. The molecular formula is C16H21N3OS2. The number of aromatic nitrogens is 2. The first-order valence-corrected chi connectivity index (χ1v) is 9.36. The molecule has 1 aromatic heterocycles. The first-order valence-electron chi connectivity index (χ1n) is 7.32. The highest BCUT2D eigenvalue weighted by Gasteiger charge is 2.27. The van der Waals surface area contributed by atoms with Crippen molar-refractivity contribution in [3.63, 3.8) is 0 Å². The van der Waals surface area contributed by atoms with Gasteiger partial charge in [0.2, 0.25) is 5.13 Å². The largest absolute Gasteiger partial charge is 0.296 e. The molecule has 0 unspecified atom stereocenters. The smallest absolute Gasteiger partial charge is 0.258 e. The van der Waals surface area contributed by atoms with Gasteiger partial charge >= 0.3 is 0 Å². The van der Waals surface area contributed by atoms with Gasteiger partial charge < -0.3 is 0 Å². The fourth-order valence-electron chi connectivity index (χ4n) is 2.07. The molecule has 6 heteroatoms. The molecule has 22 heavy (non-hydrogen) atoms. The molecular weight excluding hydrogens is 314 g/mol. The number of hydrogen-bond acceptors (Lipinski definition) is 5. The Morgan fingerprint density at radius 1 is 1.27 bits per heavy atom. The van der Waals surface area contributed by atoms with Crippen LogP contribution in [-0.2, 0) is 5.41 Å². The van der Waals surface area contributed by atoms with Gasteiger partial charge in [0.1, 0.15) is 5.01 Å². The molecule has 0 aliphatic heterocycles. The Kier molecular flexibility index (Phi) is 5.58. The lowest BCUT2D eigenvalue weighted by molar-refractivity contribution is 0.102. The van der Waals surface area contributed by atoms with E-state index in [2.05, 4.69) is 36.3 Å². The van der Waals surface area contributed by atoms with E-state index in [1.54, 1.807) is 11.8 Å². The van der Waals surface area contributed by atoms with Crippen LogP contribution in [0.2, 0.25) is 0 Å². The van der Waals surface area contributed by atoms with Crippen LogP contribution in [0, 0.1) is 0 Å². The normalized spacial score (nSPS) is 11.5. The Labute approximate surface area is 139 Å². The van der Waals surface area contributed by atoms with Crippen molar-refractivity contribution < 1.29 is 4.79 Å². The zero-order valence-electron chi connectivity index (χ0n) is 13.3. The van der Waals surface area contributed by atoms with Crippen molar-refractivity contribution in [1.82, 2.24) is 10.2 Å². The molecule has 0 aliphatic rings. The molecule has 0 saturated heterocycles. The lowest BCUT2D eigenvalue weighted by atomic mass is 9.86. The van der Waals surface area contributed by atoms with Gasteiger partial charge in [0, 0.05) is 10.3 Å². The number of nitrogens with one attached hydrogen (secondary N) is 1. The van der Waals surface area contributed by atoms with E-state index in [-0.39, 0.29) is 11.3 Å². The van der Waals surface area contributed by atoms with Gasteiger partial charge in [-0.3, -0.25) is 10.1 Å². The highest BCUT2D eigenvalue weighted by Crippen LogP contribution is 2.34. The van der Waals surface area contributed by atoms with Crippen molar-refractivity contribution in [3.05, 3.63) is 34.8 Å². The molecule has 1 aromatic carbocycles. The van der Waals surface area contributed by atoms with E-state index in [0.29, 0.717) is 10.7 Å². The quantitative estimate of drug-likeness (QED) is 0.785. The summed E-state index contributed by atoms with van der Waals surface area (Å²) in [6.45, 7) is 6.48. The summed E-state index contributed by atoms with van der Waals surface area (Å²) in [4.78, 5) is 13.4. The van der Waals surface area contributed by atoms with Gasteiger partial charge in [-0.05, 0) is 31.2 Å². The summed E-state index contributed by atoms with van der Waals surface area (Å²) in [5, 5.41) is 12.8. The van der Waals surface area contributed by atoms with Gasteiger partial charge in [0.25, 0.3) is 5.91 Å². The lowest BCUT2D eigenvalue weighted by Crippen LogP contribution is -2.19. The molecule has 0 aliphatic carbocycles. The maximum Gasteiger partial charge on any atom is 0.258 e. The fraction of sp³-hybridized carbons (Fsp3) is 0.438. The summed E-state index contributed by atoms with van der Waals surface area (Å²) in [5.41, 5.74) is 0.693. The van der Waals surface area contributed by atoms with E-state index in [9.17, 15) is 4.79 Å². The summed E-state index contributed by atoms with van der Waals surface area (Å²) in [6.07, 6.45) is 3.96. The molecule has 0 spiro atoms. The number of benzene rings is 1. The number of thioether (sulfide) groups is 1. The highest BCUT2D eigenvalue weighted by molar-refractivity contribution is 7.98. The Bertz CT molecular complexity index is 650. The second-order valence-electron chi connectivity index (χ2n) is 5.33. The molecule has 0 saturated carbocycles. The minimum atomic E-state index is -0.137. The standard InChI is InChI=1S/C16H21N3OS2/c1-5-16(3,6-2)14-18-19-15(22-14)17-13(20)11-9-7-8-10-12(11)21-4/h7-10H,5-6H2,1-4H3,(H,17,19,20). The number of carbonyl (C=O) groups is 1. The third kappa shape index (κ3) is 3.50. The number of rotatable bonds is 6. The van der Waals surface area contributed by atoms with E-state index in [1.807, 2.05) is 30.5 Å². The van der Waals surface area contributed by atoms with Crippen molar-refractivity contribution in [2.75, 3.05) is 11.6 Å². The molecule has 0 fully saturated rings. The molecule has 4 nitrogen and oxygen atoms in total. The fourth-order valence-corrected chi connectivity index (χ4v) is 3.69. The summed E-state index contributed by atoms with van der Waals surface area (Å²) in [7, 11) is 0. The van der Waals surface area contributed by atoms with Crippen molar-refractivity contribution in [3.8, 4) is 0 Å². The minimum absolute atomic E-state index is 0.0256. The minimum Gasteiger partial charge on any atom is -0.296 e. The first-order chi connectivity index (χ1) is 10.5. The monoisotopic (exact) mass is 335 g/mol. The SMILES string of the molecule is CCC(C)(CC)c1nnc(NC(=O)c2ccccc2SC)s1. The van der Waals surface area contributed by atoms with Crippen LogP contribution in [0.5, 0.6) is 0 Å². The summed E-state index contributed by atoms with van der Waals surface area (Å²) in [6, 6.07) is 7.56. The van der Waals surface area contributed by atoms with Gasteiger partial charge in [0.05, 0.1) is 5.56 Å². The van der Waals surface area contributed by atoms with E-state index < -0.39 is 0 Å². The summed E-state index contributed by atoms with van der Waals surface area (Å²) < 4.78 is 0. The van der Waals surface area contributed by atoms with E-state index in [4.69, 9.17) is 0 Å².